The van der Waals surface area contributed by atoms with Gasteiger partial charge in [-0.05, 0) is 61.5 Å². The Bertz CT molecular complexity index is 261. The molecule has 1 N–H and O–H groups in total. The molecule has 0 spiro atoms. The van der Waals surface area contributed by atoms with Gasteiger partial charge in [0.1, 0.15) is 0 Å². The minimum Gasteiger partial charge on any atom is -0.382 e. The number of hydrogen-bond acceptors (Lipinski definition) is 3. The Kier molecular flexibility index (Phi) is 8.32. The summed E-state index contributed by atoms with van der Waals surface area (Å²) in [6.07, 6.45) is 4.81. The van der Waals surface area contributed by atoms with Crippen LogP contribution >= 0.6 is 11.3 Å². The Morgan fingerprint density at radius 2 is 2.24 bits per heavy atom. The van der Waals surface area contributed by atoms with Crippen LogP contribution in [0.5, 0.6) is 0 Å². The van der Waals surface area contributed by atoms with Crippen molar-refractivity contribution in [1.82, 2.24) is 5.32 Å². The molecule has 0 aliphatic rings. The molecule has 0 saturated heterocycles. The first-order chi connectivity index (χ1) is 8.36. The second-order valence-corrected chi connectivity index (χ2v) is 5.04. The second kappa shape index (κ2) is 9.63. The minimum absolute atomic E-state index is 0.639. The fourth-order valence-electron chi connectivity index (χ4n) is 1.99. The van der Waals surface area contributed by atoms with E-state index in [1.165, 1.54) is 24.8 Å². The van der Waals surface area contributed by atoms with E-state index in [1.54, 1.807) is 11.3 Å². The van der Waals surface area contributed by atoms with E-state index in [9.17, 15) is 0 Å². The summed E-state index contributed by atoms with van der Waals surface area (Å²) in [5.74, 6) is 0. The van der Waals surface area contributed by atoms with Crippen molar-refractivity contribution >= 4 is 11.3 Å². The number of hydrogen-bond donors (Lipinski definition) is 1. The van der Waals surface area contributed by atoms with Crippen molar-refractivity contribution < 1.29 is 4.74 Å². The molecule has 0 fully saturated rings. The van der Waals surface area contributed by atoms with Crippen molar-refractivity contribution in [1.29, 1.82) is 0 Å². The first-order valence-electron chi connectivity index (χ1n) is 6.69. The molecule has 0 radical (unpaired) electrons. The summed E-state index contributed by atoms with van der Waals surface area (Å²) in [5, 5.41) is 7.98. The molecule has 3 heteroatoms. The van der Waals surface area contributed by atoms with Gasteiger partial charge in [-0.25, -0.2) is 0 Å². The van der Waals surface area contributed by atoms with Crippen LogP contribution in [-0.4, -0.2) is 25.8 Å². The van der Waals surface area contributed by atoms with Crippen LogP contribution in [0.4, 0.5) is 0 Å². The molecule has 0 bridgehead atoms. The molecule has 1 aromatic rings. The molecule has 2 nitrogen and oxygen atoms in total. The van der Waals surface area contributed by atoms with Gasteiger partial charge >= 0.3 is 0 Å². The molecule has 0 saturated carbocycles. The average molecular weight is 255 g/mol. The second-order valence-electron chi connectivity index (χ2n) is 4.26. The van der Waals surface area contributed by atoms with E-state index < -0.39 is 0 Å². The number of rotatable bonds is 10. The van der Waals surface area contributed by atoms with Gasteiger partial charge in [-0.15, -0.1) is 0 Å². The zero-order valence-corrected chi connectivity index (χ0v) is 11.9. The smallest absolute Gasteiger partial charge is 0.0466 e. The van der Waals surface area contributed by atoms with Gasteiger partial charge in [0.05, 0.1) is 0 Å². The van der Waals surface area contributed by atoms with Crippen molar-refractivity contribution in [3.05, 3.63) is 22.4 Å². The molecular weight excluding hydrogens is 230 g/mol. The summed E-state index contributed by atoms with van der Waals surface area (Å²) in [6, 6.07) is 2.87. The molecule has 1 unspecified atom stereocenters. The van der Waals surface area contributed by atoms with Gasteiger partial charge < -0.3 is 10.1 Å². The summed E-state index contributed by atoms with van der Waals surface area (Å²) >= 11 is 1.79. The van der Waals surface area contributed by atoms with Crippen LogP contribution in [0.25, 0.3) is 0 Å². The molecule has 17 heavy (non-hydrogen) atoms. The lowest BCUT2D eigenvalue weighted by Gasteiger charge is -2.17. The van der Waals surface area contributed by atoms with E-state index in [0.29, 0.717) is 6.04 Å². The monoisotopic (exact) mass is 255 g/mol. The van der Waals surface area contributed by atoms with Crippen LogP contribution in [0.1, 0.15) is 38.7 Å². The summed E-state index contributed by atoms with van der Waals surface area (Å²) in [6.45, 7) is 7.03. The topological polar surface area (TPSA) is 21.3 Å². The summed E-state index contributed by atoms with van der Waals surface area (Å²) in [5.41, 5.74) is 1.47. The summed E-state index contributed by atoms with van der Waals surface area (Å²) < 4.78 is 5.39. The largest absolute Gasteiger partial charge is 0.382 e. The van der Waals surface area contributed by atoms with Gasteiger partial charge in [0.25, 0.3) is 0 Å². The maximum atomic E-state index is 5.39. The number of aryl methyl sites for hydroxylation is 1. The number of nitrogens with one attached hydrogen (secondary N) is 1. The van der Waals surface area contributed by atoms with Gasteiger partial charge in [0, 0.05) is 19.3 Å². The fourth-order valence-corrected chi connectivity index (χ4v) is 2.69. The van der Waals surface area contributed by atoms with E-state index in [4.69, 9.17) is 4.74 Å². The van der Waals surface area contributed by atoms with E-state index in [1.807, 2.05) is 0 Å². The first-order valence-corrected chi connectivity index (χ1v) is 7.63. The predicted molar refractivity (Wildman–Crippen MR) is 75.8 cm³/mol. The van der Waals surface area contributed by atoms with Crippen molar-refractivity contribution in [2.24, 2.45) is 0 Å². The molecule has 0 aliphatic heterocycles. The molecule has 98 valence electrons. The Labute approximate surface area is 109 Å². The Hall–Kier alpha value is -0.380. The minimum atomic E-state index is 0.639. The molecular formula is C14H25NOS. The normalized spacial score (nSPS) is 12.8. The van der Waals surface area contributed by atoms with Crippen LogP contribution in [0.2, 0.25) is 0 Å². The standard InChI is InChI=1S/C14H25NOS/c1-3-15-14(6-5-10-16-4-2)8-7-13-9-11-17-12-13/h9,11-12,14-15H,3-8,10H2,1-2H3. The van der Waals surface area contributed by atoms with Crippen LogP contribution in [0, 0.1) is 0 Å². The maximum absolute atomic E-state index is 5.39. The zero-order chi connectivity index (χ0) is 12.3. The Balaban J connectivity index is 2.17. The lowest BCUT2D eigenvalue weighted by atomic mass is 10.0. The first kappa shape index (κ1) is 14.7. The lowest BCUT2D eigenvalue weighted by molar-refractivity contribution is 0.140. The highest BCUT2D eigenvalue weighted by Crippen LogP contribution is 2.12. The molecule has 1 rings (SSSR count). The van der Waals surface area contributed by atoms with Crippen LogP contribution in [0.3, 0.4) is 0 Å². The highest BCUT2D eigenvalue weighted by molar-refractivity contribution is 7.07. The quantitative estimate of drug-likeness (QED) is 0.646. The molecule has 0 aliphatic carbocycles. The predicted octanol–water partition coefficient (Wildman–Crippen LogP) is 3.48. The highest BCUT2D eigenvalue weighted by Gasteiger charge is 2.07. The summed E-state index contributed by atoms with van der Waals surface area (Å²) in [7, 11) is 0. The van der Waals surface area contributed by atoms with Crippen molar-refractivity contribution in [3.8, 4) is 0 Å². The third kappa shape index (κ3) is 6.81. The molecule has 1 heterocycles. The Morgan fingerprint density at radius 1 is 1.35 bits per heavy atom. The maximum Gasteiger partial charge on any atom is 0.0466 e. The molecule has 1 atom stereocenters. The lowest BCUT2D eigenvalue weighted by Crippen LogP contribution is -2.29. The molecule has 0 aromatic carbocycles. The Morgan fingerprint density at radius 3 is 2.88 bits per heavy atom. The summed E-state index contributed by atoms with van der Waals surface area (Å²) in [4.78, 5) is 0. The molecule has 1 aromatic heterocycles. The van der Waals surface area contributed by atoms with Crippen molar-refractivity contribution in [2.45, 2.75) is 45.6 Å². The SMILES string of the molecule is CCNC(CCCOCC)CCc1ccsc1. The van der Waals surface area contributed by atoms with Crippen LogP contribution in [-0.2, 0) is 11.2 Å². The van der Waals surface area contributed by atoms with E-state index in [2.05, 4.69) is 36.0 Å². The van der Waals surface area contributed by atoms with Crippen LogP contribution in [0.15, 0.2) is 16.8 Å². The average Bonchev–Trinajstić information content (AvgIpc) is 2.84. The van der Waals surface area contributed by atoms with E-state index >= 15 is 0 Å². The van der Waals surface area contributed by atoms with Gasteiger partial charge in [-0.2, -0.15) is 11.3 Å². The third-order valence-corrected chi connectivity index (χ3v) is 3.63. The fraction of sp³-hybridized carbons (Fsp3) is 0.714. The van der Waals surface area contributed by atoms with Crippen molar-refractivity contribution in [2.75, 3.05) is 19.8 Å². The van der Waals surface area contributed by atoms with Gasteiger partial charge in [-0.3, -0.25) is 0 Å². The van der Waals surface area contributed by atoms with Gasteiger partial charge in [-0.1, -0.05) is 6.92 Å². The highest BCUT2D eigenvalue weighted by atomic mass is 32.1. The van der Waals surface area contributed by atoms with Gasteiger partial charge in [0.2, 0.25) is 0 Å². The van der Waals surface area contributed by atoms with Crippen molar-refractivity contribution in [3.63, 3.8) is 0 Å². The van der Waals surface area contributed by atoms with E-state index in [0.717, 1.165) is 26.2 Å². The number of thiophene rings is 1. The zero-order valence-electron chi connectivity index (χ0n) is 11.1. The van der Waals surface area contributed by atoms with E-state index in [-0.39, 0.29) is 0 Å². The number of ether oxygens (including phenoxy) is 1. The van der Waals surface area contributed by atoms with Gasteiger partial charge in [0.15, 0.2) is 0 Å². The van der Waals surface area contributed by atoms with Crippen LogP contribution < -0.4 is 5.32 Å². The molecule has 0 amide bonds. The third-order valence-electron chi connectivity index (χ3n) is 2.90.